The Balaban J connectivity index is 3.63. The lowest BCUT2D eigenvalue weighted by Crippen LogP contribution is -2.46. The minimum absolute atomic E-state index is 0.102. The molecule has 3 nitrogen and oxygen atoms in total. The van der Waals surface area contributed by atoms with Gasteiger partial charge in [0.15, 0.2) is 0 Å². The Morgan fingerprint density at radius 2 is 2.00 bits per heavy atom. The molecule has 0 spiro atoms. The quantitative estimate of drug-likeness (QED) is 0.568. The summed E-state index contributed by atoms with van der Waals surface area (Å²) in [5, 5.41) is 12.3. The van der Waals surface area contributed by atoms with Crippen LogP contribution in [0.1, 0.15) is 20.8 Å². The number of aliphatic hydroxyl groups excluding tert-OH is 1. The van der Waals surface area contributed by atoms with Crippen molar-refractivity contribution in [1.82, 2.24) is 10.2 Å². The lowest BCUT2D eigenvalue weighted by atomic mass is 10.1. The van der Waals surface area contributed by atoms with Crippen LogP contribution in [0, 0.1) is 0 Å². The molecule has 0 aromatic heterocycles. The standard InChI is InChI=1S/C9H22N2O/c1-5-10-6-7-11(4)9(2,3)8-12/h10,12H,5-8H2,1-4H3. The van der Waals surface area contributed by atoms with Gasteiger partial charge < -0.3 is 10.4 Å². The maximum absolute atomic E-state index is 9.06. The fourth-order valence-corrected chi connectivity index (χ4v) is 0.847. The first-order chi connectivity index (χ1) is 5.54. The van der Waals surface area contributed by atoms with Gasteiger partial charge in [-0.3, -0.25) is 4.90 Å². The molecule has 0 atom stereocenters. The minimum Gasteiger partial charge on any atom is -0.394 e. The number of rotatable bonds is 6. The Bertz CT molecular complexity index is 115. The third-order valence-corrected chi connectivity index (χ3v) is 2.29. The van der Waals surface area contributed by atoms with E-state index in [4.69, 9.17) is 5.11 Å². The van der Waals surface area contributed by atoms with E-state index in [1.54, 1.807) is 0 Å². The number of hydrogen-bond donors (Lipinski definition) is 2. The van der Waals surface area contributed by atoms with Crippen LogP contribution in [0.2, 0.25) is 0 Å². The third kappa shape index (κ3) is 4.04. The molecule has 0 heterocycles. The second kappa shape index (κ2) is 5.51. The highest BCUT2D eigenvalue weighted by molar-refractivity contribution is 4.77. The van der Waals surface area contributed by atoms with Gasteiger partial charge in [0, 0.05) is 18.6 Å². The first-order valence-electron chi connectivity index (χ1n) is 4.57. The minimum atomic E-state index is -0.102. The topological polar surface area (TPSA) is 35.5 Å². The lowest BCUT2D eigenvalue weighted by molar-refractivity contribution is 0.0800. The van der Waals surface area contributed by atoms with E-state index in [0.717, 1.165) is 19.6 Å². The lowest BCUT2D eigenvalue weighted by Gasteiger charge is -2.33. The normalized spacial score (nSPS) is 12.5. The SMILES string of the molecule is CCNCCN(C)C(C)(C)CO. The molecule has 0 fully saturated rings. The summed E-state index contributed by atoms with van der Waals surface area (Å²) < 4.78 is 0. The molecule has 0 aliphatic rings. The van der Waals surface area contributed by atoms with Crippen LogP contribution in [0.3, 0.4) is 0 Å². The van der Waals surface area contributed by atoms with Crippen molar-refractivity contribution < 1.29 is 5.11 Å². The summed E-state index contributed by atoms with van der Waals surface area (Å²) in [6.45, 7) is 9.34. The van der Waals surface area contributed by atoms with E-state index in [1.807, 2.05) is 20.9 Å². The fourth-order valence-electron chi connectivity index (χ4n) is 0.847. The molecule has 0 saturated carbocycles. The predicted octanol–water partition coefficient (Wildman–Crippen LogP) is 0.299. The molecule has 0 radical (unpaired) electrons. The van der Waals surface area contributed by atoms with Crippen LogP contribution in [0.5, 0.6) is 0 Å². The van der Waals surface area contributed by atoms with Crippen molar-refractivity contribution in [2.75, 3.05) is 33.3 Å². The third-order valence-electron chi connectivity index (χ3n) is 2.29. The van der Waals surface area contributed by atoms with Crippen LogP contribution in [0.25, 0.3) is 0 Å². The van der Waals surface area contributed by atoms with Crippen molar-refractivity contribution >= 4 is 0 Å². The zero-order valence-electron chi connectivity index (χ0n) is 8.72. The molecule has 74 valence electrons. The molecule has 0 unspecified atom stereocenters. The first kappa shape index (κ1) is 11.9. The molecule has 0 aromatic carbocycles. The highest BCUT2D eigenvalue weighted by Crippen LogP contribution is 2.09. The van der Waals surface area contributed by atoms with E-state index in [9.17, 15) is 0 Å². The molecule has 0 rings (SSSR count). The molecule has 0 aromatic rings. The summed E-state index contributed by atoms with van der Waals surface area (Å²) in [5.74, 6) is 0. The monoisotopic (exact) mass is 174 g/mol. The number of aliphatic hydroxyl groups is 1. The van der Waals surface area contributed by atoms with E-state index in [2.05, 4.69) is 17.1 Å². The number of nitrogens with one attached hydrogen (secondary N) is 1. The van der Waals surface area contributed by atoms with Gasteiger partial charge in [-0.05, 0) is 27.4 Å². The molecule has 0 aliphatic carbocycles. The summed E-state index contributed by atoms with van der Waals surface area (Å²) in [7, 11) is 2.04. The molecule has 2 N–H and O–H groups in total. The molecular formula is C9H22N2O. The van der Waals surface area contributed by atoms with Crippen LogP contribution in [0.15, 0.2) is 0 Å². The Morgan fingerprint density at radius 1 is 1.42 bits per heavy atom. The van der Waals surface area contributed by atoms with Gasteiger partial charge in [0.2, 0.25) is 0 Å². The van der Waals surface area contributed by atoms with Gasteiger partial charge in [0.05, 0.1) is 6.61 Å². The van der Waals surface area contributed by atoms with Crippen molar-refractivity contribution in [2.24, 2.45) is 0 Å². The Kier molecular flexibility index (Phi) is 5.46. The van der Waals surface area contributed by atoms with Crippen LogP contribution >= 0.6 is 0 Å². The number of hydrogen-bond acceptors (Lipinski definition) is 3. The number of likely N-dealkylation sites (N-methyl/N-ethyl adjacent to an activating group) is 2. The van der Waals surface area contributed by atoms with Crippen molar-refractivity contribution in [3.05, 3.63) is 0 Å². The maximum atomic E-state index is 9.06. The largest absolute Gasteiger partial charge is 0.394 e. The summed E-state index contributed by atoms with van der Waals surface area (Å²) in [5.41, 5.74) is -0.102. The smallest absolute Gasteiger partial charge is 0.0609 e. The Morgan fingerprint density at radius 3 is 2.42 bits per heavy atom. The summed E-state index contributed by atoms with van der Waals surface area (Å²) in [6, 6.07) is 0. The average Bonchev–Trinajstić information content (AvgIpc) is 2.05. The van der Waals surface area contributed by atoms with Gasteiger partial charge in [0.25, 0.3) is 0 Å². The van der Waals surface area contributed by atoms with Crippen molar-refractivity contribution in [1.29, 1.82) is 0 Å². The Labute approximate surface area is 75.8 Å². The van der Waals surface area contributed by atoms with E-state index in [-0.39, 0.29) is 12.1 Å². The van der Waals surface area contributed by atoms with Crippen LogP contribution < -0.4 is 5.32 Å². The van der Waals surface area contributed by atoms with Crippen LogP contribution in [-0.4, -0.2) is 48.8 Å². The van der Waals surface area contributed by atoms with Crippen molar-refractivity contribution in [3.8, 4) is 0 Å². The molecule has 0 saturated heterocycles. The van der Waals surface area contributed by atoms with Gasteiger partial charge in [-0.25, -0.2) is 0 Å². The van der Waals surface area contributed by atoms with Gasteiger partial charge in [-0.1, -0.05) is 6.92 Å². The molecule has 3 heteroatoms. The zero-order chi connectivity index (χ0) is 9.61. The Hall–Kier alpha value is -0.120. The van der Waals surface area contributed by atoms with Gasteiger partial charge in [0.1, 0.15) is 0 Å². The number of nitrogens with zero attached hydrogens (tertiary/aromatic N) is 1. The van der Waals surface area contributed by atoms with Gasteiger partial charge >= 0.3 is 0 Å². The van der Waals surface area contributed by atoms with Crippen LogP contribution in [0.4, 0.5) is 0 Å². The van der Waals surface area contributed by atoms with Crippen LogP contribution in [-0.2, 0) is 0 Å². The zero-order valence-corrected chi connectivity index (χ0v) is 8.72. The molecule has 0 aliphatic heterocycles. The predicted molar refractivity (Wildman–Crippen MR) is 52.3 cm³/mol. The molecule has 0 amide bonds. The molecule has 12 heavy (non-hydrogen) atoms. The van der Waals surface area contributed by atoms with Crippen molar-refractivity contribution in [3.63, 3.8) is 0 Å². The second-order valence-electron chi connectivity index (χ2n) is 3.75. The van der Waals surface area contributed by atoms with Gasteiger partial charge in [-0.2, -0.15) is 0 Å². The van der Waals surface area contributed by atoms with E-state index in [1.165, 1.54) is 0 Å². The highest BCUT2D eigenvalue weighted by atomic mass is 16.3. The second-order valence-corrected chi connectivity index (χ2v) is 3.75. The molecular weight excluding hydrogens is 152 g/mol. The van der Waals surface area contributed by atoms with E-state index < -0.39 is 0 Å². The first-order valence-corrected chi connectivity index (χ1v) is 4.57. The maximum Gasteiger partial charge on any atom is 0.0609 e. The highest BCUT2D eigenvalue weighted by Gasteiger charge is 2.21. The summed E-state index contributed by atoms with van der Waals surface area (Å²) in [4.78, 5) is 2.16. The summed E-state index contributed by atoms with van der Waals surface area (Å²) >= 11 is 0. The summed E-state index contributed by atoms with van der Waals surface area (Å²) in [6.07, 6.45) is 0. The fraction of sp³-hybridized carbons (Fsp3) is 1.00. The van der Waals surface area contributed by atoms with E-state index >= 15 is 0 Å². The van der Waals surface area contributed by atoms with Crippen molar-refractivity contribution in [2.45, 2.75) is 26.3 Å². The molecule has 0 bridgehead atoms. The van der Waals surface area contributed by atoms with E-state index in [0.29, 0.717) is 0 Å². The van der Waals surface area contributed by atoms with Gasteiger partial charge in [-0.15, -0.1) is 0 Å². The average molecular weight is 174 g/mol.